The summed E-state index contributed by atoms with van der Waals surface area (Å²) in [6.07, 6.45) is 3.75. The van der Waals surface area contributed by atoms with Crippen molar-refractivity contribution in [2.75, 3.05) is 13.1 Å². The molecule has 0 saturated carbocycles. The van der Waals surface area contributed by atoms with E-state index in [1.807, 2.05) is 42.5 Å². The number of thiocarbonyl (C=S) groups is 1. The predicted octanol–water partition coefficient (Wildman–Crippen LogP) is 5.73. The molecule has 0 aliphatic carbocycles. The maximum atomic E-state index is 6.16. The van der Waals surface area contributed by atoms with Crippen LogP contribution in [0.2, 0.25) is 10.0 Å². The van der Waals surface area contributed by atoms with E-state index in [1.54, 1.807) is 0 Å². The summed E-state index contributed by atoms with van der Waals surface area (Å²) in [6, 6.07) is 13.4. The first-order chi connectivity index (χ1) is 11.6. The van der Waals surface area contributed by atoms with Gasteiger partial charge in [-0.25, -0.2) is 0 Å². The topological polar surface area (TPSA) is 12.5 Å². The second kappa shape index (κ2) is 8.19. The number of ether oxygens (including phenoxy) is 1. The molecule has 126 valence electrons. The SMILES string of the molecule is S=C(c1ccc(OCc2c(Cl)cccc2Cl)cc1)N1CCCCC1. The van der Waals surface area contributed by atoms with Crippen LogP contribution in [-0.2, 0) is 6.61 Å². The minimum absolute atomic E-state index is 0.342. The lowest BCUT2D eigenvalue weighted by atomic mass is 10.1. The van der Waals surface area contributed by atoms with Gasteiger partial charge in [0.25, 0.3) is 0 Å². The van der Waals surface area contributed by atoms with Crippen LogP contribution < -0.4 is 4.74 Å². The van der Waals surface area contributed by atoms with E-state index in [-0.39, 0.29) is 0 Å². The Morgan fingerprint density at radius 1 is 0.958 bits per heavy atom. The molecule has 0 amide bonds. The summed E-state index contributed by atoms with van der Waals surface area (Å²) in [6.45, 7) is 2.46. The van der Waals surface area contributed by atoms with E-state index in [1.165, 1.54) is 19.3 Å². The molecule has 2 nitrogen and oxygen atoms in total. The van der Waals surface area contributed by atoms with Crippen LogP contribution in [0.15, 0.2) is 42.5 Å². The molecule has 0 radical (unpaired) electrons. The van der Waals surface area contributed by atoms with E-state index < -0.39 is 0 Å². The first kappa shape index (κ1) is 17.5. The highest BCUT2D eigenvalue weighted by molar-refractivity contribution is 7.80. The third-order valence-corrected chi connectivity index (χ3v) is 5.39. The molecule has 5 heteroatoms. The van der Waals surface area contributed by atoms with Gasteiger partial charge in [-0.2, -0.15) is 0 Å². The van der Waals surface area contributed by atoms with E-state index in [4.69, 9.17) is 40.2 Å². The molecular formula is C19H19Cl2NOS. The van der Waals surface area contributed by atoms with Crippen LogP contribution in [0.1, 0.15) is 30.4 Å². The molecular weight excluding hydrogens is 361 g/mol. The Labute approximate surface area is 158 Å². The lowest BCUT2D eigenvalue weighted by molar-refractivity contribution is 0.306. The maximum absolute atomic E-state index is 6.16. The van der Waals surface area contributed by atoms with Gasteiger partial charge in [-0.3, -0.25) is 0 Å². The van der Waals surface area contributed by atoms with Crippen molar-refractivity contribution in [2.45, 2.75) is 25.9 Å². The van der Waals surface area contributed by atoms with Gasteiger partial charge < -0.3 is 9.64 Å². The van der Waals surface area contributed by atoms with Crippen molar-refractivity contribution in [3.05, 3.63) is 63.6 Å². The van der Waals surface area contributed by atoms with Gasteiger partial charge in [-0.1, -0.05) is 41.5 Å². The third-order valence-electron chi connectivity index (χ3n) is 4.19. The molecule has 0 N–H and O–H groups in total. The number of nitrogens with zero attached hydrogens (tertiary/aromatic N) is 1. The Morgan fingerprint density at radius 2 is 1.58 bits per heavy atom. The maximum Gasteiger partial charge on any atom is 0.119 e. The molecule has 2 aromatic carbocycles. The Morgan fingerprint density at radius 3 is 2.21 bits per heavy atom. The second-order valence-corrected chi connectivity index (χ2v) is 7.07. The Hall–Kier alpha value is -1.29. The molecule has 0 aromatic heterocycles. The van der Waals surface area contributed by atoms with Crippen LogP contribution in [-0.4, -0.2) is 23.0 Å². The Bertz CT molecular complexity index is 692. The molecule has 1 saturated heterocycles. The second-order valence-electron chi connectivity index (χ2n) is 5.87. The fourth-order valence-corrected chi connectivity index (χ4v) is 3.62. The van der Waals surface area contributed by atoms with Gasteiger partial charge in [-0.05, 0) is 55.7 Å². The molecule has 2 aromatic rings. The summed E-state index contributed by atoms with van der Waals surface area (Å²) in [5.41, 5.74) is 1.86. The van der Waals surface area contributed by atoms with Gasteiger partial charge >= 0.3 is 0 Å². The summed E-state index contributed by atoms with van der Waals surface area (Å²) < 4.78 is 5.81. The van der Waals surface area contributed by atoms with Crippen molar-refractivity contribution in [3.63, 3.8) is 0 Å². The molecule has 1 aliphatic rings. The number of likely N-dealkylation sites (tertiary alicyclic amines) is 1. The smallest absolute Gasteiger partial charge is 0.119 e. The summed E-state index contributed by atoms with van der Waals surface area (Å²) in [5, 5.41) is 1.23. The van der Waals surface area contributed by atoms with Gasteiger partial charge in [0.1, 0.15) is 17.3 Å². The highest BCUT2D eigenvalue weighted by Gasteiger charge is 2.14. The van der Waals surface area contributed by atoms with Gasteiger partial charge in [0.15, 0.2) is 0 Å². The minimum Gasteiger partial charge on any atom is -0.489 e. The van der Waals surface area contributed by atoms with Crippen molar-refractivity contribution >= 4 is 40.4 Å². The van der Waals surface area contributed by atoms with E-state index in [0.717, 1.165) is 35.0 Å². The van der Waals surface area contributed by atoms with Crippen molar-refractivity contribution in [1.82, 2.24) is 4.90 Å². The lowest BCUT2D eigenvalue weighted by Crippen LogP contribution is -2.34. The average Bonchev–Trinajstić information content (AvgIpc) is 2.62. The highest BCUT2D eigenvalue weighted by Crippen LogP contribution is 2.26. The van der Waals surface area contributed by atoms with E-state index in [9.17, 15) is 0 Å². The zero-order valence-electron chi connectivity index (χ0n) is 13.3. The van der Waals surface area contributed by atoms with Crippen LogP contribution >= 0.6 is 35.4 Å². The molecule has 3 rings (SSSR count). The van der Waals surface area contributed by atoms with Gasteiger partial charge in [0.05, 0.1) is 0 Å². The summed E-state index contributed by atoms with van der Waals surface area (Å²) in [5.74, 6) is 0.774. The van der Waals surface area contributed by atoms with Crippen molar-refractivity contribution in [3.8, 4) is 5.75 Å². The molecule has 24 heavy (non-hydrogen) atoms. The fourth-order valence-electron chi connectivity index (χ4n) is 2.80. The van der Waals surface area contributed by atoms with Crippen LogP contribution in [0.5, 0.6) is 5.75 Å². The number of hydrogen-bond acceptors (Lipinski definition) is 2. The zero-order chi connectivity index (χ0) is 16.9. The minimum atomic E-state index is 0.342. The quantitative estimate of drug-likeness (QED) is 0.628. The molecule has 0 atom stereocenters. The zero-order valence-corrected chi connectivity index (χ0v) is 15.6. The monoisotopic (exact) mass is 379 g/mol. The first-order valence-corrected chi connectivity index (χ1v) is 9.26. The molecule has 1 heterocycles. The fraction of sp³-hybridized carbons (Fsp3) is 0.316. The largest absolute Gasteiger partial charge is 0.489 e. The molecule has 0 unspecified atom stereocenters. The van der Waals surface area contributed by atoms with Crippen molar-refractivity contribution in [2.24, 2.45) is 0 Å². The highest BCUT2D eigenvalue weighted by atomic mass is 35.5. The van der Waals surface area contributed by atoms with E-state index in [0.29, 0.717) is 16.7 Å². The van der Waals surface area contributed by atoms with Crippen LogP contribution in [0, 0.1) is 0 Å². The standard InChI is InChI=1S/C19H19Cl2NOS/c20-17-5-4-6-18(21)16(17)13-23-15-9-7-14(8-10-15)19(24)22-11-2-1-3-12-22/h4-10H,1-3,11-13H2. The Kier molecular flexibility index (Phi) is 5.99. The van der Waals surface area contributed by atoms with Crippen LogP contribution in [0.3, 0.4) is 0 Å². The van der Waals surface area contributed by atoms with Crippen LogP contribution in [0.25, 0.3) is 0 Å². The van der Waals surface area contributed by atoms with Gasteiger partial charge in [-0.15, -0.1) is 0 Å². The van der Waals surface area contributed by atoms with Crippen LogP contribution in [0.4, 0.5) is 0 Å². The third kappa shape index (κ3) is 4.21. The summed E-state index contributed by atoms with van der Waals surface area (Å²) in [4.78, 5) is 3.22. The molecule has 1 aliphatic heterocycles. The number of hydrogen-bond donors (Lipinski definition) is 0. The van der Waals surface area contributed by atoms with Gasteiger partial charge in [0, 0.05) is 34.3 Å². The first-order valence-electron chi connectivity index (χ1n) is 8.10. The Balaban J connectivity index is 1.63. The number of rotatable bonds is 4. The number of halogens is 2. The summed E-state index contributed by atoms with van der Waals surface area (Å²) >= 11 is 17.9. The summed E-state index contributed by atoms with van der Waals surface area (Å²) in [7, 11) is 0. The van der Waals surface area contributed by atoms with Gasteiger partial charge in [0.2, 0.25) is 0 Å². The molecule has 1 fully saturated rings. The predicted molar refractivity (Wildman–Crippen MR) is 104 cm³/mol. The normalized spacial score (nSPS) is 14.5. The lowest BCUT2D eigenvalue weighted by Gasteiger charge is -2.29. The molecule has 0 bridgehead atoms. The van der Waals surface area contributed by atoms with E-state index in [2.05, 4.69) is 4.90 Å². The molecule has 0 spiro atoms. The number of piperidine rings is 1. The average molecular weight is 380 g/mol. The number of benzene rings is 2. The van der Waals surface area contributed by atoms with Crippen molar-refractivity contribution in [1.29, 1.82) is 0 Å². The van der Waals surface area contributed by atoms with E-state index >= 15 is 0 Å². The van der Waals surface area contributed by atoms with Crippen molar-refractivity contribution < 1.29 is 4.74 Å².